The fourth-order valence-corrected chi connectivity index (χ4v) is 2.95. The van der Waals surface area contributed by atoms with Crippen LogP contribution in [-0.2, 0) is 4.79 Å². The molecule has 19 heavy (non-hydrogen) atoms. The van der Waals surface area contributed by atoms with E-state index in [1.165, 1.54) is 9.78 Å². The summed E-state index contributed by atoms with van der Waals surface area (Å²) in [6.45, 7) is 3.65. The van der Waals surface area contributed by atoms with Gasteiger partial charge in [-0.05, 0) is 31.8 Å². The largest absolute Gasteiger partial charge is 0.329 e. The number of amides is 3. The van der Waals surface area contributed by atoms with Crippen molar-refractivity contribution < 1.29 is 9.59 Å². The number of carbonyl (C=O) groups excluding carboxylic acids is 2. The van der Waals surface area contributed by atoms with Crippen LogP contribution in [0.25, 0.3) is 0 Å². The third-order valence-electron chi connectivity index (χ3n) is 3.45. The van der Waals surface area contributed by atoms with Gasteiger partial charge in [0.2, 0.25) is 5.91 Å². The second-order valence-corrected chi connectivity index (χ2v) is 5.71. The summed E-state index contributed by atoms with van der Waals surface area (Å²) in [6, 6.07) is 4.28. The maximum atomic E-state index is 11.4. The van der Waals surface area contributed by atoms with E-state index in [1.54, 1.807) is 11.3 Å². The molecular formula is C13H19N3O2S. The van der Waals surface area contributed by atoms with Gasteiger partial charge >= 0.3 is 6.03 Å². The third kappa shape index (κ3) is 3.33. The molecule has 6 heteroatoms. The fourth-order valence-electron chi connectivity index (χ4n) is 2.10. The van der Waals surface area contributed by atoms with E-state index in [1.807, 2.05) is 0 Å². The minimum absolute atomic E-state index is 0.126. The molecule has 0 aliphatic carbocycles. The number of hydrogen-bond acceptors (Lipinski definition) is 4. The summed E-state index contributed by atoms with van der Waals surface area (Å²) in [4.78, 5) is 27.6. The number of nitrogens with one attached hydrogen (secondary N) is 1. The first-order valence-corrected chi connectivity index (χ1v) is 7.29. The van der Waals surface area contributed by atoms with Crippen molar-refractivity contribution in [3.8, 4) is 0 Å². The Bertz CT molecular complexity index is 431. The molecular weight excluding hydrogens is 262 g/mol. The zero-order chi connectivity index (χ0) is 13.8. The van der Waals surface area contributed by atoms with Gasteiger partial charge in [0, 0.05) is 24.0 Å². The van der Waals surface area contributed by atoms with Crippen LogP contribution in [0.4, 0.5) is 4.79 Å². The Morgan fingerprint density at radius 2 is 2.32 bits per heavy atom. The lowest BCUT2D eigenvalue weighted by molar-refractivity contribution is -0.125. The molecule has 0 aromatic carbocycles. The van der Waals surface area contributed by atoms with Crippen LogP contribution in [0.3, 0.4) is 0 Å². The lowest BCUT2D eigenvalue weighted by Crippen LogP contribution is -2.34. The summed E-state index contributed by atoms with van der Waals surface area (Å²) in [5, 5.41) is 4.60. The van der Waals surface area contributed by atoms with Gasteiger partial charge in [0.1, 0.15) is 0 Å². The van der Waals surface area contributed by atoms with Gasteiger partial charge < -0.3 is 5.32 Å². The van der Waals surface area contributed by atoms with Gasteiger partial charge in [0.05, 0.1) is 6.54 Å². The van der Waals surface area contributed by atoms with Crippen molar-refractivity contribution in [2.45, 2.75) is 19.4 Å². The van der Waals surface area contributed by atoms with Gasteiger partial charge in [0.25, 0.3) is 0 Å². The average molecular weight is 281 g/mol. The van der Waals surface area contributed by atoms with Crippen molar-refractivity contribution in [2.24, 2.45) is 0 Å². The predicted molar refractivity (Wildman–Crippen MR) is 75.1 cm³/mol. The smallest absolute Gasteiger partial charge is 0.324 e. The van der Waals surface area contributed by atoms with Crippen LogP contribution < -0.4 is 5.32 Å². The van der Waals surface area contributed by atoms with Crippen LogP contribution in [0.15, 0.2) is 17.5 Å². The van der Waals surface area contributed by atoms with Gasteiger partial charge in [-0.25, -0.2) is 4.79 Å². The zero-order valence-corrected chi connectivity index (χ0v) is 12.1. The quantitative estimate of drug-likeness (QED) is 0.807. The van der Waals surface area contributed by atoms with Crippen molar-refractivity contribution in [3.05, 3.63) is 22.4 Å². The van der Waals surface area contributed by atoms with E-state index in [0.29, 0.717) is 12.6 Å². The van der Waals surface area contributed by atoms with Gasteiger partial charge in [-0.2, -0.15) is 0 Å². The molecule has 1 N–H and O–H groups in total. The highest BCUT2D eigenvalue weighted by Gasteiger charge is 2.27. The summed E-state index contributed by atoms with van der Waals surface area (Å²) in [6.07, 6.45) is 0.797. The lowest BCUT2D eigenvalue weighted by atomic mass is 10.2. The first-order valence-electron chi connectivity index (χ1n) is 6.41. The molecule has 5 nitrogen and oxygen atoms in total. The van der Waals surface area contributed by atoms with Crippen molar-refractivity contribution >= 4 is 23.3 Å². The van der Waals surface area contributed by atoms with E-state index >= 15 is 0 Å². The minimum atomic E-state index is -0.265. The highest BCUT2D eigenvalue weighted by molar-refractivity contribution is 7.10. The summed E-state index contributed by atoms with van der Waals surface area (Å²) in [7, 11) is 2.07. The maximum absolute atomic E-state index is 11.4. The lowest BCUT2D eigenvalue weighted by Gasteiger charge is -2.24. The van der Waals surface area contributed by atoms with Crippen LogP contribution in [0, 0.1) is 0 Å². The van der Waals surface area contributed by atoms with Crippen LogP contribution in [0.5, 0.6) is 0 Å². The summed E-state index contributed by atoms with van der Waals surface area (Å²) >= 11 is 1.75. The van der Waals surface area contributed by atoms with Gasteiger partial charge in [-0.1, -0.05) is 6.07 Å². The van der Waals surface area contributed by atoms with Gasteiger partial charge in [-0.15, -0.1) is 11.3 Å². The summed E-state index contributed by atoms with van der Waals surface area (Å²) in [5.74, 6) is -0.126. The standard InChI is InChI=1S/C13H19N3O2S/c1-10(11-5-3-8-19-11)15(2)6-4-7-16-12(17)9-14-13(16)18/h3,5,8,10H,4,6-7,9H2,1-2H3,(H,14,18)/t10-/m1/s1. The molecule has 104 valence electrons. The van der Waals surface area contributed by atoms with E-state index in [4.69, 9.17) is 0 Å². The molecule has 1 atom stereocenters. The van der Waals surface area contributed by atoms with E-state index in [-0.39, 0.29) is 18.5 Å². The predicted octanol–water partition coefficient (Wildman–Crippen LogP) is 1.68. The highest BCUT2D eigenvalue weighted by Crippen LogP contribution is 2.23. The molecule has 1 aromatic rings. The monoisotopic (exact) mass is 281 g/mol. The number of rotatable bonds is 6. The summed E-state index contributed by atoms with van der Waals surface area (Å²) < 4.78 is 0. The minimum Gasteiger partial charge on any atom is -0.329 e. The molecule has 3 amide bonds. The highest BCUT2D eigenvalue weighted by atomic mass is 32.1. The van der Waals surface area contributed by atoms with Crippen LogP contribution in [-0.4, -0.2) is 48.4 Å². The number of urea groups is 1. The Balaban J connectivity index is 1.76. The Kier molecular flexibility index (Phi) is 4.55. The van der Waals surface area contributed by atoms with E-state index in [0.717, 1.165) is 13.0 Å². The van der Waals surface area contributed by atoms with Crippen molar-refractivity contribution in [3.63, 3.8) is 0 Å². The van der Waals surface area contributed by atoms with Crippen LogP contribution in [0.1, 0.15) is 24.3 Å². The number of hydrogen-bond donors (Lipinski definition) is 1. The third-order valence-corrected chi connectivity index (χ3v) is 4.49. The van der Waals surface area contributed by atoms with E-state index in [9.17, 15) is 9.59 Å². The molecule has 1 aliphatic rings. The molecule has 2 rings (SSSR count). The second-order valence-electron chi connectivity index (χ2n) is 4.73. The van der Waals surface area contributed by atoms with E-state index < -0.39 is 0 Å². The molecule has 0 saturated carbocycles. The Hall–Kier alpha value is -1.40. The molecule has 1 saturated heterocycles. The molecule has 0 radical (unpaired) electrons. The average Bonchev–Trinajstić information content (AvgIpc) is 3.02. The Morgan fingerprint density at radius 3 is 2.89 bits per heavy atom. The molecule has 0 spiro atoms. The zero-order valence-electron chi connectivity index (χ0n) is 11.3. The van der Waals surface area contributed by atoms with Gasteiger partial charge in [0.15, 0.2) is 0 Å². The molecule has 0 bridgehead atoms. The van der Waals surface area contributed by atoms with Gasteiger partial charge in [-0.3, -0.25) is 14.6 Å². The van der Waals surface area contributed by atoms with Crippen molar-refractivity contribution in [1.29, 1.82) is 0 Å². The number of nitrogens with zero attached hydrogens (tertiary/aromatic N) is 2. The maximum Gasteiger partial charge on any atom is 0.324 e. The van der Waals surface area contributed by atoms with Crippen molar-refractivity contribution in [1.82, 2.24) is 15.1 Å². The van der Waals surface area contributed by atoms with Crippen molar-refractivity contribution in [2.75, 3.05) is 26.7 Å². The van der Waals surface area contributed by atoms with Crippen LogP contribution in [0.2, 0.25) is 0 Å². The fraction of sp³-hybridized carbons (Fsp3) is 0.538. The number of carbonyl (C=O) groups is 2. The van der Waals surface area contributed by atoms with Crippen LogP contribution >= 0.6 is 11.3 Å². The summed E-state index contributed by atoms with van der Waals surface area (Å²) in [5.41, 5.74) is 0. The normalized spacial score (nSPS) is 17.1. The number of imide groups is 1. The Labute approximate surface area is 117 Å². The molecule has 2 heterocycles. The Morgan fingerprint density at radius 1 is 1.53 bits per heavy atom. The molecule has 1 aliphatic heterocycles. The SMILES string of the molecule is C[C@H](c1cccs1)N(C)CCCN1C(=O)CNC1=O. The molecule has 1 fully saturated rings. The molecule has 0 unspecified atom stereocenters. The molecule has 1 aromatic heterocycles. The topological polar surface area (TPSA) is 52.6 Å². The first kappa shape index (κ1) is 14.0. The second kappa shape index (κ2) is 6.16. The number of thiophene rings is 1. The first-order chi connectivity index (χ1) is 9.09. The van der Waals surface area contributed by atoms with E-state index in [2.05, 4.69) is 41.7 Å².